The first-order chi connectivity index (χ1) is 15.0. The van der Waals surface area contributed by atoms with E-state index >= 15 is 0 Å². The quantitative estimate of drug-likeness (QED) is 0.574. The first-order valence-corrected chi connectivity index (χ1v) is 12.3. The van der Waals surface area contributed by atoms with Crippen LogP contribution in [0.1, 0.15) is 49.5 Å². The van der Waals surface area contributed by atoms with E-state index in [0.717, 1.165) is 27.6 Å². The molecule has 0 saturated heterocycles. The number of nitrogens with two attached hydrogens (primary N) is 1. The second kappa shape index (κ2) is 8.89. The zero-order chi connectivity index (χ0) is 22.1. The molecule has 7 heteroatoms. The van der Waals surface area contributed by atoms with Crippen molar-refractivity contribution >= 4 is 34.6 Å². The van der Waals surface area contributed by atoms with E-state index in [9.17, 15) is 14.4 Å². The second-order valence-corrected chi connectivity index (χ2v) is 10.2. The van der Waals surface area contributed by atoms with Gasteiger partial charge in [-0.3, -0.25) is 9.69 Å². The molecule has 1 aromatic carbocycles. The van der Waals surface area contributed by atoms with Gasteiger partial charge in [-0.1, -0.05) is 26.0 Å². The number of benzene rings is 1. The first kappa shape index (κ1) is 21.7. The molecule has 1 aromatic heterocycles. The standard InChI is InChI=1S/C24H24FN3OS2/c1-3-14-12-15(24(31-14)30-4-2)21-16(13-26)23(27)28(18-9-6-5-8-17(18)25)19-10-7-11-20(29)22(19)21/h5-6,8-9,12,21H,3-4,7,10-11,27H2,1-2H3. The number of carbonyl (C=O) groups excluding carboxylic acids is 1. The van der Waals surface area contributed by atoms with Crippen molar-refractivity contribution in [2.45, 2.75) is 49.7 Å². The predicted molar refractivity (Wildman–Crippen MR) is 124 cm³/mol. The minimum Gasteiger partial charge on any atom is -0.384 e. The molecule has 0 saturated carbocycles. The number of halogens is 1. The number of anilines is 1. The highest BCUT2D eigenvalue weighted by molar-refractivity contribution is 8.01. The number of nitrogens with zero attached hydrogens (tertiary/aromatic N) is 2. The van der Waals surface area contributed by atoms with Crippen LogP contribution in [0.5, 0.6) is 0 Å². The Kier molecular flexibility index (Phi) is 6.22. The monoisotopic (exact) mass is 453 g/mol. The lowest BCUT2D eigenvalue weighted by molar-refractivity contribution is -0.116. The summed E-state index contributed by atoms with van der Waals surface area (Å²) in [5.74, 6) is 0.192. The lowest BCUT2D eigenvalue weighted by Gasteiger charge is -2.39. The van der Waals surface area contributed by atoms with Crippen LogP contribution in [0.15, 0.2) is 57.2 Å². The van der Waals surface area contributed by atoms with Crippen molar-refractivity contribution in [1.29, 1.82) is 5.26 Å². The van der Waals surface area contributed by atoms with Gasteiger partial charge in [-0.25, -0.2) is 4.39 Å². The molecule has 1 aliphatic heterocycles. The Bertz CT molecular complexity index is 1140. The SMILES string of the molecule is CCSc1sc(CC)cc1C1C(C#N)=C(N)N(c2ccccc2F)C2=C1C(=O)CCC2. The Hall–Kier alpha value is -2.56. The fraction of sp³-hybridized carbons (Fsp3) is 0.333. The number of para-hydroxylation sites is 1. The average Bonchev–Trinajstić information content (AvgIpc) is 3.17. The second-order valence-electron chi connectivity index (χ2n) is 7.51. The van der Waals surface area contributed by atoms with Gasteiger partial charge in [0.25, 0.3) is 0 Å². The normalized spacial score (nSPS) is 19.0. The number of ketones is 1. The summed E-state index contributed by atoms with van der Waals surface area (Å²) in [6.07, 6.45) is 2.62. The van der Waals surface area contributed by atoms with Gasteiger partial charge in [-0.05, 0) is 48.8 Å². The van der Waals surface area contributed by atoms with Crippen molar-refractivity contribution in [3.05, 3.63) is 69.3 Å². The molecule has 2 N–H and O–H groups in total. The molecular formula is C24H24FN3OS2. The highest BCUT2D eigenvalue weighted by atomic mass is 32.2. The summed E-state index contributed by atoms with van der Waals surface area (Å²) in [7, 11) is 0. The molecule has 4 rings (SSSR count). The summed E-state index contributed by atoms with van der Waals surface area (Å²) >= 11 is 3.44. The third kappa shape index (κ3) is 3.68. The lowest BCUT2D eigenvalue weighted by Crippen LogP contribution is -2.39. The molecule has 1 atom stereocenters. The number of allylic oxidation sites excluding steroid dienone is 3. The van der Waals surface area contributed by atoms with Crippen molar-refractivity contribution in [2.75, 3.05) is 10.7 Å². The number of aryl methyl sites for hydroxylation is 1. The van der Waals surface area contributed by atoms with E-state index in [4.69, 9.17) is 5.73 Å². The fourth-order valence-electron chi connectivity index (χ4n) is 4.36. The number of rotatable bonds is 5. The molecule has 2 heterocycles. The Morgan fingerprint density at radius 2 is 2.10 bits per heavy atom. The van der Waals surface area contributed by atoms with Crippen molar-refractivity contribution in [3.8, 4) is 6.07 Å². The highest BCUT2D eigenvalue weighted by Gasteiger charge is 2.42. The van der Waals surface area contributed by atoms with Gasteiger partial charge in [0.15, 0.2) is 5.78 Å². The maximum Gasteiger partial charge on any atom is 0.161 e. The van der Waals surface area contributed by atoms with Crippen LogP contribution in [-0.2, 0) is 11.2 Å². The molecule has 1 aliphatic carbocycles. The molecule has 0 bridgehead atoms. The summed E-state index contributed by atoms with van der Waals surface area (Å²) in [5, 5.41) is 10.1. The van der Waals surface area contributed by atoms with E-state index in [-0.39, 0.29) is 17.3 Å². The lowest BCUT2D eigenvalue weighted by atomic mass is 9.76. The fourth-order valence-corrected chi connectivity index (χ4v) is 6.74. The molecule has 1 unspecified atom stereocenters. The average molecular weight is 454 g/mol. The predicted octanol–water partition coefficient (Wildman–Crippen LogP) is 5.87. The molecule has 160 valence electrons. The number of thioether (sulfide) groups is 1. The maximum atomic E-state index is 14.8. The van der Waals surface area contributed by atoms with Gasteiger partial charge in [0.1, 0.15) is 11.6 Å². The zero-order valence-corrected chi connectivity index (χ0v) is 19.2. The summed E-state index contributed by atoms with van der Waals surface area (Å²) in [6.45, 7) is 4.19. The van der Waals surface area contributed by atoms with Crippen LogP contribution in [0.4, 0.5) is 10.1 Å². The van der Waals surface area contributed by atoms with Crippen LogP contribution >= 0.6 is 23.1 Å². The minimum atomic E-state index is -0.499. The van der Waals surface area contributed by atoms with E-state index in [1.54, 1.807) is 46.2 Å². The number of nitriles is 1. The molecule has 0 amide bonds. The van der Waals surface area contributed by atoms with E-state index in [1.807, 2.05) is 0 Å². The van der Waals surface area contributed by atoms with Gasteiger partial charge < -0.3 is 5.73 Å². The van der Waals surface area contributed by atoms with Crippen LogP contribution in [0.3, 0.4) is 0 Å². The van der Waals surface area contributed by atoms with Crippen molar-refractivity contribution < 1.29 is 9.18 Å². The molecule has 0 radical (unpaired) electrons. The first-order valence-electron chi connectivity index (χ1n) is 10.5. The Morgan fingerprint density at radius 1 is 1.32 bits per heavy atom. The van der Waals surface area contributed by atoms with Gasteiger partial charge in [0.05, 0.1) is 27.5 Å². The molecular weight excluding hydrogens is 429 g/mol. The molecule has 4 nitrogen and oxygen atoms in total. The van der Waals surface area contributed by atoms with Crippen molar-refractivity contribution in [1.82, 2.24) is 0 Å². The van der Waals surface area contributed by atoms with Crippen LogP contribution < -0.4 is 10.6 Å². The number of hydrogen-bond donors (Lipinski definition) is 1. The smallest absolute Gasteiger partial charge is 0.161 e. The third-order valence-corrected chi connectivity index (χ3v) is 8.20. The Morgan fingerprint density at radius 3 is 2.77 bits per heavy atom. The zero-order valence-electron chi connectivity index (χ0n) is 17.6. The highest BCUT2D eigenvalue weighted by Crippen LogP contribution is 2.50. The van der Waals surface area contributed by atoms with Gasteiger partial charge in [0, 0.05) is 22.6 Å². The van der Waals surface area contributed by atoms with Gasteiger partial charge in [-0.15, -0.1) is 23.1 Å². The van der Waals surface area contributed by atoms with Crippen molar-refractivity contribution in [3.63, 3.8) is 0 Å². The third-order valence-electron chi connectivity index (χ3n) is 5.72. The molecule has 2 aliphatic rings. The topological polar surface area (TPSA) is 70.1 Å². The molecule has 0 fully saturated rings. The van der Waals surface area contributed by atoms with E-state index < -0.39 is 11.7 Å². The van der Waals surface area contributed by atoms with Crippen molar-refractivity contribution in [2.24, 2.45) is 5.73 Å². The summed E-state index contributed by atoms with van der Waals surface area (Å²) in [6, 6.07) is 10.7. The van der Waals surface area contributed by atoms with Gasteiger partial charge >= 0.3 is 0 Å². The Balaban J connectivity index is 1.99. The molecule has 2 aromatic rings. The van der Waals surface area contributed by atoms with Gasteiger partial charge in [-0.2, -0.15) is 5.26 Å². The molecule has 0 spiro atoms. The molecule has 31 heavy (non-hydrogen) atoms. The van der Waals surface area contributed by atoms with Crippen LogP contribution in [0.25, 0.3) is 0 Å². The van der Waals surface area contributed by atoms with E-state index in [1.165, 1.54) is 10.9 Å². The van der Waals surface area contributed by atoms with Crippen LogP contribution in [0, 0.1) is 17.1 Å². The minimum absolute atomic E-state index is 0.0181. The van der Waals surface area contributed by atoms with E-state index in [2.05, 4.69) is 26.0 Å². The summed E-state index contributed by atoms with van der Waals surface area (Å²) in [5.41, 5.74) is 9.43. The van der Waals surface area contributed by atoms with Gasteiger partial charge in [0.2, 0.25) is 0 Å². The summed E-state index contributed by atoms with van der Waals surface area (Å²) in [4.78, 5) is 16.0. The number of hydrogen-bond acceptors (Lipinski definition) is 6. The van der Waals surface area contributed by atoms with E-state index in [0.29, 0.717) is 30.4 Å². The van der Waals surface area contributed by atoms with Crippen LogP contribution in [-0.4, -0.2) is 11.5 Å². The maximum absolute atomic E-state index is 14.8. The van der Waals surface area contributed by atoms with Crippen LogP contribution in [0.2, 0.25) is 0 Å². The Labute approximate surface area is 190 Å². The number of Topliss-reactive ketones (excluding diaryl/α,β-unsaturated/α-hetero) is 1. The number of carbonyl (C=O) groups is 1. The largest absolute Gasteiger partial charge is 0.384 e. The summed E-state index contributed by atoms with van der Waals surface area (Å²) < 4.78 is 15.9. The number of thiophene rings is 1.